The van der Waals surface area contributed by atoms with Crippen LogP contribution in [0.3, 0.4) is 0 Å². The van der Waals surface area contributed by atoms with Crippen LogP contribution in [0.4, 0.5) is 0 Å². The molecule has 0 aromatic carbocycles. The third-order valence-corrected chi connectivity index (χ3v) is 4.54. The van der Waals surface area contributed by atoms with Crippen LogP contribution in [-0.2, 0) is 0 Å². The Morgan fingerprint density at radius 3 is 2.71 bits per heavy atom. The Labute approximate surface area is 93.4 Å². The summed E-state index contributed by atoms with van der Waals surface area (Å²) < 4.78 is 0. The molecule has 3 unspecified atom stereocenters. The first-order valence-electron chi connectivity index (χ1n) is 6.09. The first-order chi connectivity index (χ1) is 6.77. The summed E-state index contributed by atoms with van der Waals surface area (Å²) in [5.41, 5.74) is 0. The van der Waals surface area contributed by atoms with Gasteiger partial charge in [0.2, 0.25) is 0 Å². The molecule has 1 N–H and O–H groups in total. The van der Waals surface area contributed by atoms with E-state index in [0.29, 0.717) is 0 Å². The van der Waals surface area contributed by atoms with Crippen molar-refractivity contribution in [1.82, 2.24) is 5.32 Å². The Kier molecular flexibility index (Phi) is 5.95. The van der Waals surface area contributed by atoms with E-state index in [2.05, 4.69) is 37.8 Å². The largest absolute Gasteiger partial charge is 0.314 e. The van der Waals surface area contributed by atoms with Crippen molar-refractivity contribution < 1.29 is 0 Å². The van der Waals surface area contributed by atoms with Gasteiger partial charge in [0.15, 0.2) is 0 Å². The predicted octanol–water partition coefficient (Wildman–Crippen LogP) is 3.15. The Morgan fingerprint density at radius 2 is 2.21 bits per heavy atom. The number of hydrogen-bond donors (Lipinski definition) is 1. The molecule has 0 spiro atoms. The number of hydrogen-bond acceptors (Lipinski definition) is 2. The van der Waals surface area contributed by atoms with Crippen molar-refractivity contribution in [2.75, 3.05) is 18.1 Å². The van der Waals surface area contributed by atoms with Crippen molar-refractivity contribution in [3.05, 3.63) is 0 Å². The Bertz CT molecular complexity index is 143. The summed E-state index contributed by atoms with van der Waals surface area (Å²) in [5.74, 6) is 4.58. The van der Waals surface area contributed by atoms with E-state index in [1.54, 1.807) is 0 Å². The highest BCUT2D eigenvalue weighted by Crippen LogP contribution is 2.29. The molecule has 1 saturated heterocycles. The average Bonchev–Trinajstić information content (AvgIpc) is 2.69. The van der Waals surface area contributed by atoms with Gasteiger partial charge in [0, 0.05) is 6.04 Å². The average molecular weight is 215 g/mol. The first kappa shape index (κ1) is 12.4. The number of nitrogens with one attached hydrogen (secondary N) is 1. The molecule has 0 bridgehead atoms. The molecular formula is C12H25NS. The van der Waals surface area contributed by atoms with Gasteiger partial charge in [-0.1, -0.05) is 27.2 Å². The minimum Gasteiger partial charge on any atom is -0.314 e. The van der Waals surface area contributed by atoms with Crippen LogP contribution in [0, 0.1) is 11.8 Å². The van der Waals surface area contributed by atoms with E-state index in [-0.39, 0.29) is 0 Å². The van der Waals surface area contributed by atoms with E-state index in [4.69, 9.17) is 0 Å². The van der Waals surface area contributed by atoms with Crippen LogP contribution in [0.15, 0.2) is 0 Å². The zero-order valence-corrected chi connectivity index (χ0v) is 10.7. The summed E-state index contributed by atoms with van der Waals surface area (Å²) in [6.07, 6.45) is 4.12. The molecule has 0 saturated carbocycles. The Hall–Kier alpha value is 0.310. The molecule has 0 aromatic rings. The lowest BCUT2D eigenvalue weighted by Gasteiger charge is -2.26. The maximum atomic E-state index is 3.68. The summed E-state index contributed by atoms with van der Waals surface area (Å²) in [4.78, 5) is 0. The van der Waals surface area contributed by atoms with Crippen LogP contribution >= 0.6 is 11.8 Å². The minimum absolute atomic E-state index is 0.782. The maximum Gasteiger partial charge on any atom is 0.0106 e. The third kappa shape index (κ3) is 3.82. The standard InChI is InChI=1S/C12H25NS/c1-4-10(3)8-12(13-5-2)11-6-7-14-9-11/h10-13H,4-9H2,1-3H3. The van der Waals surface area contributed by atoms with Crippen molar-refractivity contribution in [1.29, 1.82) is 0 Å². The minimum atomic E-state index is 0.782. The number of rotatable bonds is 6. The molecule has 84 valence electrons. The molecule has 1 nitrogen and oxygen atoms in total. The fourth-order valence-corrected chi connectivity index (χ4v) is 3.51. The third-order valence-electron chi connectivity index (χ3n) is 3.35. The topological polar surface area (TPSA) is 12.0 Å². The van der Waals surface area contributed by atoms with E-state index in [0.717, 1.165) is 24.4 Å². The highest BCUT2D eigenvalue weighted by Gasteiger charge is 2.25. The molecule has 0 aliphatic carbocycles. The van der Waals surface area contributed by atoms with Crippen molar-refractivity contribution in [3.8, 4) is 0 Å². The molecule has 1 rings (SSSR count). The summed E-state index contributed by atoms with van der Waals surface area (Å²) >= 11 is 2.13. The van der Waals surface area contributed by atoms with Crippen LogP contribution in [0.2, 0.25) is 0 Å². The smallest absolute Gasteiger partial charge is 0.0106 e. The quantitative estimate of drug-likeness (QED) is 0.730. The second-order valence-corrected chi connectivity index (χ2v) is 5.69. The van der Waals surface area contributed by atoms with Crippen molar-refractivity contribution >= 4 is 11.8 Å². The molecule has 0 radical (unpaired) electrons. The second-order valence-electron chi connectivity index (χ2n) is 4.54. The predicted molar refractivity (Wildman–Crippen MR) is 67.0 cm³/mol. The van der Waals surface area contributed by atoms with Gasteiger partial charge in [-0.25, -0.2) is 0 Å². The zero-order valence-electron chi connectivity index (χ0n) is 9.88. The first-order valence-corrected chi connectivity index (χ1v) is 7.24. The van der Waals surface area contributed by atoms with Crippen molar-refractivity contribution in [2.45, 2.75) is 46.1 Å². The monoisotopic (exact) mass is 215 g/mol. The Balaban J connectivity index is 2.36. The Morgan fingerprint density at radius 1 is 1.43 bits per heavy atom. The molecule has 0 amide bonds. The molecule has 14 heavy (non-hydrogen) atoms. The van der Waals surface area contributed by atoms with Crippen LogP contribution in [0.1, 0.15) is 40.0 Å². The highest BCUT2D eigenvalue weighted by atomic mass is 32.2. The van der Waals surface area contributed by atoms with Crippen LogP contribution in [0.25, 0.3) is 0 Å². The summed E-state index contributed by atoms with van der Waals surface area (Å²) in [6.45, 7) is 8.04. The van der Waals surface area contributed by atoms with Gasteiger partial charge >= 0.3 is 0 Å². The van der Waals surface area contributed by atoms with Gasteiger partial charge in [-0.15, -0.1) is 0 Å². The van der Waals surface area contributed by atoms with E-state index < -0.39 is 0 Å². The van der Waals surface area contributed by atoms with Gasteiger partial charge in [0.05, 0.1) is 0 Å². The lowest BCUT2D eigenvalue weighted by atomic mass is 9.89. The lowest BCUT2D eigenvalue weighted by molar-refractivity contribution is 0.318. The summed E-state index contributed by atoms with van der Waals surface area (Å²) in [7, 11) is 0. The number of thioether (sulfide) groups is 1. The highest BCUT2D eigenvalue weighted by molar-refractivity contribution is 7.99. The SMILES string of the molecule is CCNC(CC(C)CC)C1CCSC1. The van der Waals surface area contributed by atoms with E-state index in [1.165, 1.54) is 30.8 Å². The van der Waals surface area contributed by atoms with Crippen LogP contribution in [-0.4, -0.2) is 24.1 Å². The van der Waals surface area contributed by atoms with Crippen LogP contribution in [0.5, 0.6) is 0 Å². The zero-order chi connectivity index (χ0) is 10.4. The molecule has 1 heterocycles. The molecule has 1 fully saturated rings. The van der Waals surface area contributed by atoms with Gasteiger partial charge in [-0.2, -0.15) is 11.8 Å². The molecule has 0 aromatic heterocycles. The van der Waals surface area contributed by atoms with Crippen molar-refractivity contribution in [3.63, 3.8) is 0 Å². The second kappa shape index (κ2) is 6.73. The van der Waals surface area contributed by atoms with E-state index in [9.17, 15) is 0 Å². The van der Waals surface area contributed by atoms with Crippen LogP contribution < -0.4 is 5.32 Å². The van der Waals surface area contributed by atoms with Gasteiger partial charge in [0.1, 0.15) is 0 Å². The van der Waals surface area contributed by atoms with Gasteiger partial charge < -0.3 is 5.32 Å². The fourth-order valence-electron chi connectivity index (χ4n) is 2.17. The summed E-state index contributed by atoms with van der Waals surface area (Å²) in [6, 6.07) is 0.782. The normalized spacial score (nSPS) is 26.4. The maximum absolute atomic E-state index is 3.68. The van der Waals surface area contributed by atoms with Gasteiger partial charge in [-0.3, -0.25) is 0 Å². The van der Waals surface area contributed by atoms with Gasteiger partial charge in [-0.05, 0) is 42.7 Å². The van der Waals surface area contributed by atoms with E-state index >= 15 is 0 Å². The molecule has 2 heteroatoms. The van der Waals surface area contributed by atoms with Crippen molar-refractivity contribution in [2.24, 2.45) is 11.8 Å². The lowest BCUT2D eigenvalue weighted by Crippen LogP contribution is -2.37. The molecule has 3 atom stereocenters. The molecular weight excluding hydrogens is 190 g/mol. The molecule has 1 aliphatic heterocycles. The van der Waals surface area contributed by atoms with Gasteiger partial charge in [0.25, 0.3) is 0 Å². The fraction of sp³-hybridized carbons (Fsp3) is 1.00. The molecule has 1 aliphatic rings. The summed E-state index contributed by atoms with van der Waals surface area (Å²) in [5, 5.41) is 3.68. The van der Waals surface area contributed by atoms with E-state index in [1.807, 2.05) is 0 Å².